The van der Waals surface area contributed by atoms with E-state index in [4.69, 9.17) is 14.2 Å². The van der Waals surface area contributed by atoms with Crippen molar-refractivity contribution in [2.45, 2.75) is 0 Å². The average Bonchev–Trinajstić information content (AvgIpc) is 2.48. The van der Waals surface area contributed by atoms with Crippen molar-refractivity contribution in [1.29, 1.82) is 0 Å². The second-order valence-corrected chi connectivity index (χ2v) is 3.89. The van der Waals surface area contributed by atoms with Gasteiger partial charge in [-0.15, -0.1) is 0 Å². The number of aromatic hydroxyl groups is 1. The molecule has 0 aliphatic rings. The number of phenolic OH excluding ortho intramolecular Hbond substituents is 1. The smallest absolute Gasteiger partial charge is 0.351 e. The quantitative estimate of drug-likeness (QED) is 0.685. The summed E-state index contributed by atoms with van der Waals surface area (Å²) in [5, 5.41) is 9.62. The molecule has 2 rings (SSSR count). The molecular formula is C15H14O5. The molecule has 2 aromatic rings. The first-order valence-electron chi connectivity index (χ1n) is 5.88. The fourth-order valence-electron chi connectivity index (χ4n) is 1.75. The zero-order chi connectivity index (χ0) is 14.5. The molecule has 0 saturated heterocycles. The van der Waals surface area contributed by atoms with Crippen LogP contribution in [0.25, 0.3) is 0 Å². The summed E-state index contributed by atoms with van der Waals surface area (Å²) >= 11 is 0. The molecule has 0 spiro atoms. The van der Waals surface area contributed by atoms with Crippen molar-refractivity contribution in [2.24, 2.45) is 0 Å². The molecule has 0 bridgehead atoms. The fraction of sp³-hybridized carbons (Fsp3) is 0.133. The van der Waals surface area contributed by atoms with Crippen LogP contribution in [0.15, 0.2) is 42.5 Å². The number of hydrogen-bond acceptors (Lipinski definition) is 5. The van der Waals surface area contributed by atoms with Gasteiger partial charge in [0, 0.05) is 0 Å². The van der Waals surface area contributed by atoms with Gasteiger partial charge in [0.25, 0.3) is 0 Å². The number of rotatable bonds is 4. The van der Waals surface area contributed by atoms with Crippen LogP contribution in [-0.2, 0) is 0 Å². The Morgan fingerprint density at radius 2 is 1.45 bits per heavy atom. The van der Waals surface area contributed by atoms with Crippen LogP contribution >= 0.6 is 0 Å². The first-order valence-corrected chi connectivity index (χ1v) is 5.88. The van der Waals surface area contributed by atoms with E-state index >= 15 is 0 Å². The van der Waals surface area contributed by atoms with Gasteiger partial charge in [0.2, 0.25) is 0 Å². The van der Waals surface area contributed by atoms with Gasteiger partial charge < -0.3 is 19.3 Å². The molecule has 0 heterocycles. The van der Waals surface area contributed by atoms with E-state index in [0.717, 1.165) is 0 Å². The monoisotopic (exact) mass is 274 g/mol. The van der Waals surface area contributed by atoms with Crippen molar-refractivity contribution >= 4 is 5.97 Å². The van der Waals surface area contributed by atoms with E-state index in [1.54, 1.807) is 30.3 Å². The summed E-state index contributed by atoms with van der Waals surface area (Å²) in [5.74, 6) is -0.0319. The number of methoxy groups -OCH3 is 2. The molecule has 0 amide bonds. The van der Waals surface area contributed by atoms with Crippen molar-refractivity contribution in [3.8, 4) is 23.0 Å². The van der Waals surface area contributed by atoms with Gasteiger partial charge >= 0.3 is 5.97 Å². The van der Waals surface area contributed by atoms with Crippen LogP contribution in [0.2, 0.25) is 0 Å². The van der Waals surface area contributed by atoms with Crippen LogP contribution in [0.1, 0.15) is 10.4 Å². The molecule has 104 valence electrons. The molecule has 5 heteroatoms. The Kier molecular flexibility index (Phi) is 4.10. The van der Waals surface area contributed by atoms with E-state index in [0.29, 0.717) is 11.5 Å². The van der Waals surface area contributed by atoms with Crippen LogP contribution in [0.5, 0.6) is 23.0 Å². The molecule has 0 unspecified atom stereocenters. The van der Waals surface area contributed by atoms with Gasteiger partial charge in [-0.1, -0.05) is 18.2 Å². The lowest BCUT2D eigenvalue weighted by atomic mass is 10.1. The van der Waals surface area contributed by atoms with E-state index < -0.39 is 5.97 Å². The number of hydrogen-bond donors (Lipinski definition) is 1. The predicted octanol–water partition coefficient (Wildman–Crippen LogP) is 2.63. The Labute approximate surface area is 116 Å². The van der Waals surface area contributed by atoms with Crippen LogP contribution in [0.4, 0.5) is 0 Å². The summed E-state index contributed by atoms with van der Waals surface area (Å²) in [5.41, 5.74) is 0.167. The molecule has 5 nitrogen and oxygen atoms in total. The highest BCUT2D eigenvalue weighted by atomic mass is 16.5. The topological polar surface area (TPSA) is 65.0 Å². The highest BCUT2D eigenvalue weighted by Crippen LogP contribution is 2.31. The summed E-state index contributed by atoms with van der Waals surface area (Å²) in [6, 6.07) is 11.2. The third kappa shape index (κ3) is 2.66. The summed E-state index contributed by atoms with van der Waals surface area (Å²) < 4.78 is 15.4. The largest absolute Gasteiger partial charge is 0.504 e. The van der Waals surface area contributed by atoms with Crippen molar-refractivity contribution in [3.05, 3.63) is 48.0 Å². The van der Waals surface area contributed by atoms with Crippen LogP contribution < -0.4 is 14.2 Å². The Morgan fingerprint density at radius 1 is 0.900 bits per heavy atom. The normalized spacial score (nSPS) is 9.90. The Bertz CT molecular complexity index is 599. The van der Waals surface area contributed by atoms with Crippen molar-refractivity contribution in [2.75, 3.05) is 14.2 Å². The molecule has 2 aromatic carbocycles. The van der Waals surface area contributed by atoms with Crippen molar-refractivity contribution in [1.82, 2.24) is 0 Å². The van der Waals surface area contributed by atoms with Gasteiger partial charge in [0.05, 0.1) is 14.2 Å². The summed E-state index contributed by atoms with van der Waals surface area (Å²) in [6.07, 6.45) is 0. The predicted molar refractivity (Wildman–Crippen MR) is 72.6 cm³/mol. The maximum Gasteiger partial charge on any atom is 0.351 e. The van der Waals surface area contributed by atoms with Crippen molar-refractivity contribution in [3.63, 3.8) is 0 Å². The van der Waals surface area contributed by atoms with E-state index in [9.17, 15) is 9.90 Å². The minimum atomic E-state index is -0.666. The van der Waals surface area contributed by atoms with Crippen LogP contribution in [0, 0.1) is 0 Å². The van der Waals surface area contributed by atoms with Gasteiger partial charge in [-0.05, 0) is 24.3 Å². The standard InChI is InChI=1S/C15H14O5/c1-18-12-8-5-9-13(19-2)14(12)15(17)20-11-7-4-3-6-10(11)16/h3-9,16H,1-2H3. The molecule has 0 atom stereocenters. The number of ether oxygens (including phenoxy) is 3. The first-order chi connectivity index (χ1) is 9.67. The second-order valence-electron chi connectivity index (χ2n) is 3.89. The van der Waals surface area contributed by atoms with Gasteiger partial charge in [-0.2, -0.15) is 0 Å². The third-order valence-corrected chi connectivity index (χ3v) is 2.70. The first kappa shape index (κ1) is 13.7. The third-order valence-electron chi connectivity index (χ3n) is 2.70. The van der Waals surface area contributed by atoms with Gasteiger partial charge in [-0.25, -0.2) is 4.79 Å². The summed E-state index contributed by atoms with van der Waals surface area (Å²) in [7, 11) is 2.90. The number of carbonyl (C=O) groups is 1. The van der Waals surface area contributed by atoms with Gasteiger partial charge in [0.15, 0.2) is 11.5 Å². The molecule has 0 saturated carbocycles. The van der Waals surface area contributed by atoms with E-state index in [-0.39, 0.29) is 17.1 Å². The average molecular weight is 274 g/mol. The molecule has 1 N–H and O–H groups in total. The van der Waals surface area contributed by atoms with Gasteiger partial charge in [-0.3, -0.25) is 0 Å². The zero-order valence-electron chi connectivity index (χ0n) is 11.1. The Morgan fingerprint density at radius 3 is 2.00 bits per heavy atom. The number of esters is 1. The number of benzene rings is 2. The highest BCUT2D eigenvalue weighted by molar-refractivity contribution is 5.97. The molecule has 0 aliphatic carbocycles. The maximum atomic E-state index is 12.2. The number of phenols is 1. The van der Waals surface area contributed by atoms with E-state index in [1.165, 1.54) is 26.4 Å². The van der Waals surface area contributed by atoms with E-state index in [1.807, 2.05) is 0 Å². The highest BCUT2D eigenvalue weighted by Gasteiger charge is 2.21. The minimum Gasteiger partial charge on any atom is -0.504 e. The maximum absolute atomic E-state index is 12.2. The van der Waals surface area contributed by atoms with Crippen molar-refractivity contribution < 1.29 is 24.1 Å². The summed E-state index contributed by atoms with van der Waals surface area (Å²) in [6.45, 7) is 0. The molecule has 20 heavy (non-hydrogen) atoms. The minimum absolute atomic E-state index is 0.0745. The Balaban J connectivity index is 2.36. The number of carbonyl (C=O) groups excluding carboxylic acids is 1. The molecule has 0 aliphatic heterocycles. The van der Waals surface area contributed by atoms with Crippen LogP contribution in [0.3, 0.4) is 0 Å². The molecular weight excluding hydrogens is 260 g/mol. The lowest BCUT2D eigenvalue weighted by Gasteiger charge is -2.12. The van der Waals surface area contributed by atoms with Crippen LogP contribution in [-0.4, -0.2) is 25.3 Å². The lowest BCUT2D eigenvalue weighted by Crippen LogP contribution is -2.12. The SMILES string of the molecule is COc1cccc(OC)c1C(=O)Oc1ccccc1O. The molecule has 0 radical (unpaired) electrons. The van der Waals surface area contributed by atoms with Gasteiger partial charge in [0.1, 0.15) is 17.1 Å². The molecule has 0 fully saturated rings. The second kappa shape index (κ2) is 5.97. The fourth-order valence-corrected chi connectivity index (χ4v) is 1.75. The zero-order valence-corrected chi connectivity index (χ0v) is 11.1. The lowest BCUT2D eigenvalue weighted by molar-refractivity contribution is 0.0722. The molecule has 0 aromatic heterocycles. The number of para-hydroxylation sites is 2. The van der Waals surface area contributed by atoms with E-state index in [2.05, 4.69) is 0 Å². The Hall–Kier alpha value is -2.69. The summed E-state index contributed by atoms with van der Waals surface area (Å²) in [4.78, 5) is 12.2.